The van der Waals surface area contributed by atoms with E-state index in [1.54, 1.807) is 36.6 Å². The summed E-state index contributed by atoms with van der Waals surface area (Å²) in [6, 6.07) is 8.94. The molecular formula is C16H19ClN2O2S. The maximum Gasteiger partial charge on any atom is 0.241 e. The van der Waals surface area contributed by atoms with Gasteiger partial charge in [0.1, 0.15) is 5.75 Å². The fraction of sp³-hybridized carbons (Fsp3) is 0.312. The van der Waals surface area contributed by atoms with Crippen molar-refractivity contribution in [1.82, 2.24) is 4.90 Å². The van der Waals surface area contributed by atoms with Crippen molar-refractivity contribution in [3.63, 3.8) is 0 Å². The third-order valence-electron chi connectivity index (χ3n) is 3.45. The number of nitrogens with zero attached hydrogens (tertiary/aromatic N) is 1. The molecule has 0 aliphatic heterocycles. The van der Waals surface area contributed by atoms with Crippen molar-refractivity contribution in [1.29, 1.82) is 0 Å². The fourth-order valence-electron chi connectivity index (χ4n) is 2.00. The van der Waals surface area contributed by atoms with E-state index in [0.29, 0.717) is 16.5 Å². The van der Waals surface area contributed by atoms with Crippen molar-refractivity contribution in [3.05, 3.63) is 45.6 Å². The lowest BCUT2D eigenvalue weighted by Crippen LogP contribution is -2.39. The van der Waals surface area contributed by atoms with Crippen LogP contribution >= 0.6 is 22.9 Å². The van der Waals surface area contributed by atoms with Gasteiger partial charge in [-0.05, 0) is 43.6 Å². The first-order valence-electron chi connectivity index (χ1n) is 6.88. The second-order valence-electron chi connectivity index (χ2n) is 5.00. The summed E-state index contributed by atoms with van der Waals surface area (Å²) in [6.07, 6.45) is 0. The Bertz CT molecular complexity index is 631. The maximum absolute atomic E-state index is 12.4. The van der Waals surface area contributed by atoms with Crippen LogP contribution in [0.1, 0.15) is 11.8 Å². The van der Waals surface area contributed by atoms with Gasteiger partial charge < -0.3 is 10.1 Å². The van der Waals surface area contributed by atoms with Crippen molar-refractivity contribution >= 4 is 34.5 Å². The zero-order chi connectivity index (χ0) is 16.1. The molecule has 1 N–H and O–H groups in total. The van der Waals surface area contributed by atoms with Crippen LogP contribution in [0, 0.1) is 0 Å². The summed E-state index contributed by atoms with van der Waals surface area (Å²) in [5, 5.41) is 5.46. The van der Waals surface area contributed by atoms with Crippen molar-refractivity contribution in [2.45, 2.75) is 19.5 Å². The predicted molar refractivity (Wildman–Crippen MR) is 91.9 cm³/mol. The quantitative estimate of drug-likeness (QED) is 0.869. The second kappa shape index (κ2) is 7.63. The number of carbonyl (C=O) groups excluding carboxylic acids is 1. The summed E-state index contributed by atoms with van der Waals surface area (Å²) in [4.78, 5) is 15.6. The molecule has 1 aromatic heterocycles. The molecule has 1 atom stereocenters. The van der Waals surface area contributed by atoms with Crippen LogP contribution in [0.3, 0.4) is 0 Å². The topological polar surface area (TPSA) is 41.6 Å². The van der Waals surface area contributed by atoms with E-state index in [-0.39, 0.29) is 11.9 Å². The highest BCUT2D eigenvalue weighted by atomic mass is 35.5. The average Bonchev–Trinajstić information content (AvgIpc) is 2.99. The van der Waals surface area contributed by atoms with Gasteiger partial charge in [0.2, 0.25) is 5.91 Å². The van der Waals surface area contributed by atoms with Gasteiger partial charge in [-0.3, -0.25) is 9.69 Å². The van der Waals surface area contributed by atoms with Crippen LogP contribution in [0.5, 0.6) is 5.75 Å². The number of halogens is 1. The average molecular weight is 339 g/mol. The number of likely N-dealkylation sites (N-methyl/N-ethyl adjacent to an activating group) is 1. The molecule has 1 heterocycles. The molecule has 118 valence electrons. The number of hydrogen-bond acceptors (Lipinski definition) is 4. The monoisotopic (exact) mass is 338 g/mol. The lowest BCUT2D eigenvalue weighted by Gasteiger charge is -2.23. The number of carbonyl (C=O) groups is 1. The summed E-state index contributed by atoms with van der Waals surface area (Å²) in [6.45, 7) is 2.61. The van der Waals surface area contributed by atoms with Crippen LogP contribution in [-0.2, 0) is 11.3 Å². The molecule has 1 amide bonds. The summed E-state index contributed by atoms with van der Waals surface area (Å²) in [7, 11) is 3.49. The number of anilines is 1. The predicted octanol–water partition coefficient (Wildman–Crippen LogP) is 3.87. The molecule has 0 spiro atoms. The molecule has 4 nitrogen and oxygen atoms in total. The van der Waals surface area contributed by atoms with Gasteiger partial charge in [-0.15, -0.1) is 11.3 Å². The van der Waals surface area contributed by atoms with Gasteiger partial charge in [0, 0.05) is 16.4 Å². The fourth-order valence-corrected chi connectivity index (χ4v) is 2.94. The largest absolute Gasteiger partial charge is 0.495 e. The van der Waals surface area contributed by atoms with E-state index in [1.165, 1.54) is 4.88 Å². The molecule has 0 aliphatic carbocycles. The van der Waals surface area contributed by atoms with Crippen LogP contribution < -0.4 is 10.1 Å². The number of nitrogens with one attached hydrogen (secondary N) is 1. The first-order valence-corrected chi connectivity index (χ1v) is 8.14. The molecule has 0 aliphatic rings. The van der Waals surface area contributed by atoms with E-state index in [1.807, 2.05) is 30.3 Å². The Morgan fingerprint density at radius 2 is 2.23 bits per heavy atom. The van der Waals surface area contributed by atoms with E-state index in [4.69, 9.17) is 16.3 Å². The summed E-state index contributed by atoms with van der Waals surface area (Å²) >= 11 is 7.66. The minimum absolute atomic E-state index is 0.0976. The zero-order valence-electron chi connectivity index (χ0n) is 12.8. The summed E-state index contributed by atoms with van der Waals surface area (Å²) < 4.78 is 5.24. The van der Waals surface area contributed by atoms with Crippen molar-refractivity contribution in [3.8, 4) is 5.75 Å². The lowest BCUT2D eigenvalue weighted by atomic mass is 10.2. The molecule has 0 radical (unpaired) electrons. The number of amides is 1. The smallest absolute Gasteiger partial charge is 0.241 e. The summed E-state index contributed by atoms with van der Waals surface area (Å²) in [5.41, 5.74) is 0.580. The lowest BCUT2D eigenvalue weighted by molar-refractivity contribution is -0.120. The number of rotatable bonds is 6. The van der Waals surface area contributed by atoms with E-state index in [0.717, 1.165) is 6.54 Å². The molecule has 22 heavy (non-hydrogen) atoms. The Kier molecular flexibility index (Phi) is 5.83. The van der Waals surface area contributed by atoms with Gasteiger partial charge >= 0.3 is 0 Å². The van der Waals surface area contributed by atoms with Crippen LogP contribution in [0.4, 0.5) is 5.69 Å². The first kappa shape index (κ1) is 16.8. The highest BCUT2D eigenvalue weighted by Gasteiger charge is 2.19. The molecule has 1 unspecified atom stereocenters. The normalized spacial score (nSPS) is 12.2. The third kappa shape index (κ3) is 4.22. The minimum Gasteiger partial charge on any atom is -0.495 e. The molecule has 2 aromatic rings. The van der Waals surface area contributed by atoms with Crippen molar-refractivity contribution in [2.75, 3.05) is 19.5 Å². The molecule has 6 heteroatoms. The van der Waals surface area contributed by atoms with Gasteiger partial charge in [-0.1, -0.05) is 17.7 Å². The van der Waals surface area contributed by atoms with Gasteiger partial charge in [-0.2, -0.15) is 0 Å². The van der Waals surface area contributed by atoms with E-state index in [9.17, 15) is 4.79 Å². The number of hydrogen-bond donors (Lipinski definition) is 1. The molecule has 0 fully saturated rings. The molecule has 2 rings (SSSR count). The Morgan fingerprint density at radius 3 is 2.86 bits per heavy atom. The Hall–Kier alpha value is -1.56. The number of thiophene rings is 1. The Morgan fingerprint density at radius 1 is 1.45 bits per heavy atom. The van der Waals surface area contributed by atoms with E-state index < -0.39 is 0 Å². The SMILES string of the molecule is COc1ccc(Cl)cc1NC(=O)C(C)N(C)Cc1cccs1. The first-order chi connectivity index (χ1) is 10.5. The van der Waals surface area contributed by atoms with Crippen molar-refractivity contribution < 1.29 is 9.53 Å². The van der Waals surface area contributed by atoms with Crippen LogP contribution in [-0.4, -0.2) is 31.0 Å². The summed E-state index contributed by atoms with van der Waals surface area (Å²) in [5.74, 6) is 0.491. The van der Waals surface area contributed by atoms with E-state index >= 15 is 0 Å². The number of benzene rings is 1. The number of methoxy groups -OCH3 is 1. The van der Waals surface area contributed by atoms with E-state index in [2.05, 4.69) is 11.4 Å². The van der Waals surface area contributed by atoms with Gasteiger partial charge in [-0.25, -0.2) is 0 Å². The highest BCUT2D eigenvalue weighted by Crippen LogP contribution is 2.28. The van der Waals surface area contributed by atoms with Crippen molar-refractivity contribution in [2.24, 2.45) is 0 Å². The Labute approximate surface area is 139 Å². The molecule has 0 saturated carbocycles. The minimum atomic E-state index is -0.272. The molecule has 0 bridgehead atoms. The zero-order valence-corrected chi connectivity index (χ0v) is 14.4. The third-order valence-corrected chi connectivity index (χ3v) is 4.54. The van der Waals surface area contributed by atoms with Crippen LogP contribution in [0.25, 0.3) is 0 Å². The molecule has 0 saturated heterocycles. The highest BCUT2D eigenvalue weighted by molar-refractivity contribution is 7.09. The second-order valence-corrected chi connectivity index (χ2v) is 6.47. The molecule has 1 aromatic carbocycles. The van der Waals surface area contributed by atoms with Crippen LogP contribution in [0.15, 0.2) is 35.7 Å². The standard InChI is InChI=1S/C16H19ClN2O2S/c1-11(19(2)10-13-5-4-8-22-13)16(20)18-14-9-12(17)6-7-15(14)21-3/h4-9,11H,10H2,1-3H3,(H,18,20). The maximum atomic E-state index is 12.4. The molecular weight excluding hydrogens is 320 g/mol. The Balaban J connectivity index is 2.03. The van der Waals surface area contributed by atoms with Gasteiger partial charge in [0.05, 0.1) is 18.8 Å². The number of ether oxygens (including phenoxy) is 1. The van der Waals surface area contributed by atoms with Gasteiger partial charge in [0.15, 0.2) is 0 Å². The van der Waals surface area contributed by atoms with Crippen LogP contribution in [0.2, 0.25) is 5.02 Å². The van der Waals surface area contributed by atoms with Gasteiger partial charge in [0.25, 0.3) is 0 Å².